The molecule has 2 heterocycles. The molecule has 6 nitrogen and oxygen atoms in total. The summed E-state index contributed by atoms with van der Waals surface area (Å²) in [5, 5.41) is 0. The summed E-state index contributed by atoms with van der Waals surface area (Å²) in [5.74, 6) is -3.16. The number of hydrogen-bond acceptors (Lipinski definition) is 6. The fourth-order valence-corrected chi connectivity index (χ4v) is 6.75. The average Bonchev–Trinajstić information content (AvgIpc) is 2.90. The van der Waals surface area contributed by atoms with Gasteiger partial charge in [0.25, 0.3) is 5.79 Å². The molecule has 194 valence electrons. The quantitative estimate of drug-likeness (QED) is 0.154. The van der Waals surface area contributed by atoms with Crippen molar-refractivity contribution >= 4 is 27.3 Å². The van der Waals surface area contributed by atoms with E-state index in [1.165, 1.54) is 13.8 Å². The van der Waals surface area contributed by atoms with Crippen molar-refractivity contribution in [1.29, 1.82) is 0 Å². The topological polar surface area (TPSA) is 86.7 Å². The van der Waals surface area contributed by atoms with Crippen LogP contribution in [0.3, 0.4) is 0 Å². The van der Waals surface area contributed by atoms with E-state index in [1.807, 2.05) is 61.5 Å². The number of ether oxygens (including phenoxy) is 2. The minimum Gasteiger partial charge on any atom is -0.419 e. The summed E-state index contributed by atoms with van der Waals surface area (Å²) < 4.78 is 39.1. The number of carbonyl (C=O) groups is 2. The summed E-state index contributed by atoms with van der Waals surface area (Å²) >= 11 is 0. The molecule has 0 amide bonds. The van der Waals surface area contributed by atoms with Crippen molar-refractivity contribution in [2.45, 2.75) is 36.3 Å². The maximum Gasteiger partial charge on any atom is 0.349 e. The zero-order valence-electron chi connectivity index (χ0n) is 21.5. The zero-order valence-corrected chi connectivity index (χ0v) is 22.3. The van der Waals surface area contributed by atoms with Gasteiger partial charge in [0.15, 0.2) is 5.57 Å². The van der Waals surface area contributed by atoms with Crippen molar-refractivity contribution in [3.05, 3.63) is 113 Å². The molecule has 1 saturated heterocycles. The molecule has 0 bridgehead atoms. The van der Waals surface area contributed by atoms with E-state index in [2.05, 4.69) is 0 Å². The Morgan fingerprint density at radius 1 is 0.590 bits per heavy atom. The lowest BCUT2D eigenvalue weighted by molar-refractivity contribution is -0.222. The number of cyclic esters (lactones) is 2. The normalized spacial score (nSPS) is 17.1. The lowest BCUT2D eigenvalue weighted by atomic mass is 9.89. The smallest absolute Gasteiger partial charge is 0.349 e. The van der Waals surface area contributed by atoms with E-state index in [0.29, 0.717) is 11.1 Å². The predicted molar refractivity (Wildman–Crippen MR) is 146 cm³/mol. The molecule has 0 spiro atoms. The lowest BCUT2D eigenvalue weighted by Gasteiger charge is -2.32. The third kappa shape index (κ3) is 4.15. The molecule has 0 saturated carbocycles. The van der Waals surface area contributed by atoms with Gasteiger partial charge in [-0.1, -0.05) is 84.4 Å². The van der Waals surface area contributed by atoms with E-state index in [1.54, 1.807) is 36.4 Å². The molecule has 4 aromatic rings. The molecule has 0 aliphatic carbocycles. The Bertz CT molecular complexity index is 1790. The van der Waals surface area contributed by atoms with Crippen LogP contribution in [0.5, 0.6) is 0 Å². The maximum atomic E-state index is 14.2. The van der Waals surface area contributed by atoms with Gasteiger partial charge in [-0.2, -0.15) is 0 Å². The van der Waals surface area contributed by atoms with E-state index in [0.717, 1.165) is 16.7 Å². The van der Waals surface area contributed by atoms with Gasteiger partial charge >= 0.3 is 11.9 Å². The molecule has 7 heteroatoms. The molecule has 0 unspecified atom stereocenters. The van der Waals surface area contributed by atoms with Crippen LogP contribution in [0.4, 0.5) is 0 Å². The second-order valence-corrected chi connectivity index (χ2v) is 12.0. The molecule has 0 radical (unpaired) electrons. The van der Waals surface area contributed by atoms with E-state index < -0.39 is 27.6 Å². The molecule has 0 aromatic heterocycles. The van der Waals surface area contributed by atoms with Crippen LogP contribution in [0.2, 0.25) is 0 Å². The summed E-state index contributed by atoms with van der Waals surface area (Å²) in [5.41, 5.74) is 4.48. The van der Waals surface area contributed by atoms with Crippen molar-refractivity contribution in [3.63, 3.8) is 0 Å². The Morgan fingerprint density at radius 3 is 1.56 bits per heavy atom. The summed E-state index contributed by atoms with van der Waals surface area (Å²) in [6.45, 7) is 4.92. The van der Waals surface area contributed by atoms with Crippen LogP contribution in [-0.2, 0) is 28.9 Å². The Balaban J connectivity index is 1.65. The Hall–Kier alpha value is -4.49. The fourth-order valence-electron chi connectivity index (χ4n) is 5.03. The van der Waals surface area contributed by atoms with E-state index in [4.69, 9.17) is 9.47 Å². The summed E-state index contributed by atoms with van der Waals surface area (Å²) in [6.07, 6.45) is 0. The number of sulfone groups is 1. The largest absolute Gasteiger partial charge is 0.419 e. The van der Waals surface area contributed by atoms with Gasteiger partial charge in [-0.3, -0.25) is 0 Å². The number of carbonyl (C=O) groups excluding carboxylic acids is 2. The first-order valence-corrected chi connectivity index (χ1v) is 13.9. The standard InChI is InChI=1S/C32H24O6S/c1-19-9-11-21(12-10-19)23-14-16-25-27(18-23)39(35,36)26-17-22(20-7-5-4-6-8-20)13-15-24(26)28(25)29-30(33)37-32(2,3)38-31(29)34/h4-18H,1-3H3. The van der Waals surface area contributed by atoms with Crippen LogP contribution < -0.4 is 0 Å². The van der Waals surface area contributed by atoms with Gasteiger partial charge in [0, 0.05) is 30.5 Å². The van der Waals surface area contributed by atoms with Gasteiger partial charge in [0.1, 0.15) is 0 Å². The number of fused-ring (bicyclic) bond motifs is 2. The minimum absolute atomic E-state index is 0.00495. The van der Waals surface area contributed by atoms with Crippen molar-refractivity contribution in [1.82, 2.24) is 0 Å². The average molecular weight is 537 g/mol. The van der Waals surface area contributed by atoms with Crippen LogP contribution in [-0.4, -0.2) is 26.1 Å². The third-order valence-electron chi connectivity index (χ3n) is 6.91. The Morgan fingerprint density at radius 2 is 1.05 bits per heavy atom. The molecule has 4 aromatic carbocycles. The number of benzene rings is 4. The van der Waals surface area contributed by atoms with Crippen LogP contribution in [0, 0.1) is 6.92 Å². The van der Waals surface area contributed by atoms with Gasteiger partial charge in [0.2, 0.25) is 9.84 Å². The lowest BCUT2D eigenvalue weighted by Crippen LogP contribution is -2.42. The summed E-state index contributed by atoms with van der Waals surface area (Å²) in [7, 11) is -4.04. The number of aryl methyl sites for hydroxylation is 1. The van der Waals surface area contributed by atoms with E-state index in [9.17, 15) is 18.0 Å². The Kier molecular flexibility index (Phi) is 5.59. The van der Waals surface area contributed by atoms with Gasteiger partial charge in [-0.25, -0.2) is 18.0 Å². The summed E-state index contributed by atoms with van der Waals surface area (Å²) in [6, 6.07) is 27.2. The molecule has 0 N–H and O–H groups in total. The molecular weight excluding hydrogens is 512 g/mol. The highest BCUT2D eigenvalue weighted by atomic mass is 32.2. The maximum absolute atomic E-state index is 14.2. The van der Waals surface area contributed by atoms with Crippen LogP contribution >= 0.6 is 0 Å². The molecule has 0 atom stereocenters. The van der Waals surface area contributed by atoms with Gasteiger partial charge in [0.05, 0.1) is 9.79 Å². The predicted octanol–water partition coefficient (Wildman–Crippen LogP) is 6.11. The minimum atomic E-state index is -4.04. The zero-order chi connectivity index (χ0) is 27.5. The van der Waals surface area contributed by atoms with Gasteiger partial charge < -0.3 is 9.47 Å². The first kappa shape index (κ1) is 24.8. The van der Waals surface area contributed by atoms with Crippen molar-refractivity contribution in [2.24, 2.45) is 0 Å². The van der Waals surface area contributed by atoms with Gasteiger partial charge in [-0.05, 0) is 41.3 Å². The number of esters is 2. The van der Waals surface area contributed by atoms with Crippen molar-refractivity contribution in [2.75, 3.05) is 0 Å². The first-order chi connectivity index (χ1) is 18.5. The third-order valence-corrected chi connectivity index (χ3v) is 8.74. The monoisotopic (exact) mass is 536 g/mol. The highest BCUT2D eigenvalue weighted by Gasteiger charge is 2.44. The van der Waals surface area contributed by atoms with Crippen LogP contribution in [0.25, 0.3) is 27.8 Å². The molecule has 6 rings (SSSR count). The fraction of sp³-hybridized carbons (Fsp3) is 0.125. The van der Waals surface area contributed by atoms with Gasteiger partial charge in [-0.15, -0.1) is 0 Å². The highest BCUT2D eigenvalue weighted by Crippen LogP contribution is 2.46. The highest BCUT2D eigenvalue weighted by molar-refractivity contribution is 7.91. The van der Waals surface area contributed by atoms with Crippen LogP contribution in [0.1, 0.15) is 30.5 Å². The van der Waals surface area contributed by atoms with E-state index in [-0.39, 0.29) is 32.1 Å². The first-order valence-electron chi connectivity index (χ1n) is 12.4. The summed E-state index contributed by atoms with van der Waals surface area (Å²) in [4.78, 5) is 26.4. The molecule has 39 heavy (non-hydrogen) atoms. The number of hydrogen-bond donors (Lipinski definition) is 0. The second kappa shape index (κ2) is 8.78. The second-order valence-electron chi connectivity index (χ2n) is 10.1. The van der Waals surface area contributed by atoms with Crippen LogP contribution in [0.15, 0.2) is 106 Å². The molecule has 1 fully saturated rings. The molecular formula is C32H24O6S. The molecule has 2 aliphatic rings. The van der Waals surface area contributed by atoms with Crippen molar-refractivity contribution < 1.29 is 27.5 Å². The Labute approximate surface area is 226 Å². The molecule has 2 aliphatic heterocycles. The SMILES string of the molecule is Cc1ccc(-c2ccc3c(c2)S(=O)(=O)c2cc(-c4ccccc4)ccc2C3=C2C(=O)OC(C)(C)OC2=O)cc1. The van der Waals surface area contributed by atoms with E-state index >= 15 is 0 Å². The van der Waals surface area contributed by atoms with Crippen molar-refractivity contribution in [3.8, 4) is 22.3 Å². The number of rotatable bonds is 2.